The van der Waals surface area contributed by atoms with E-state index in [1.54, 1.807) is 0 Å². The Morgan fingerprint density at radius 2 is 1.49 bits per heavy atom. The molecular formula is C34H37N3O4. The van der Waals surface area contributed by atoms with Gasteiger partial charge in [-0.2, -0.15) is 0 Å². The summed E-state index contributed by atoms with van der Waals surface area (Å²) in [6.07, 6.45) is -0.212. The molecule has 2 unspecified atom stereocenters. The van der Waals surface area contributed by atoms with Crippen LogP contribution in [0.3, 0.4) is 0 Å². The van der Waals surface area contributed by atoms with Crippen LogP contribution in [0.2, 0.25) is 0 Å². The molecule has 212 valence electrons. The van der Waals surface area contributed by atoms with Crippen molar-refractivity contribution in [2.24, 2.45) is 0 Å². The normalized spacial score (nSPS) is 19.3. The highest BCUT2D eigenvalue weighted by atomic mass is 16.5. The van der Waals surface area contributed by atoms with Gasteiger partial charge in [0.15, 0.2) is 0 Å². The SMILES string of the molecule is CCN(CC)c1ccc2c(c1)OC(c1cc3ccc(N(CC)CC)cc3oc1=O)CC21c2ccccc2C(=O)N1C. The highest BCUT2D eigenvalue weighted by Gasteiger charge is 2.54. The van der Waals surface area contributed by atoms with E-state index in [9.17, 15) is 9.59 Å². The zero-order valence-electron chi connectivity index (χ0n) is 24.4. The van der Waals surface area contributed by atoms with Gasteiger partial charge in [-0.15, -0.1) is 0 Å². The molecule has 1 aromatic heterocycles. The number of carbonyl (C=O) groups excluding carboxylic acids is 1. The number of nitrogens with zero attached hydrogens (tertiary/aromatic N) is 3. The van der Waals surface area contributed by atoms with Crippen molar-refractivity contribution in [2.75, 3.05) is 43.0 Å². The van der Waals surface area contributed by atoms with E-state index >= 15 is 0 Å². The van der Waals surface area contributed by atoms with Crippen molar-refractivity contribution in [1.82, 2.24) is 4.90 Å². The quantitative estimate of drug-likeness (QED) is 0.250. The summed E-state index contributed by atoms with van der Waals surface area (Å²) in [7, 11) is 1.85. The molecule has 4 aromatic rings. The third-order valence-electron chi connectivity index (χ3n) is 8.99. The Balaban J connectivity index is 1.52. The lowest BCUT2D eigenvalue weighted by molar-refractivity contribution is 0.0465. The summed E-state index contributed by atoms with van der Waals surface area (Å²) in [4.78, 5) is 33.4. The maximum atomic E-state index is 13.6. The van der Waals surface area contributed by atoms with Crippen LogP contribution in [0.1, 0.15) is 67.3 Å². The van der Waals surface area contributed by atoms with Crippen LogP contribution < -0.4 is 20.2 Å². The van der Waals surface area contributed by atoms with Crippen molar-refractivity contribution < 1.29 is 13.9 Å². The van der Waals surface area contributed by atoms with E-state index in [1.165, 1.54) is 0 Å². The first-order valence-corrected chi connectivity index (χ1v) is 14.6. The molecule has 7 heteroatoms. The number of hydrogen-bond donors (Lipinski definition) is 0. The molecule has 0 bridgehead atoms. The minimum absolute atomic E-state index is 0.0329. The lowest BCUT2D eigenvalue weighted by Gasteiger charge is -2.44. The van der Waals surface area contributed by atoms with Crippen molar-refractivity contribution in [2.45, 2.75) is 45.8 Å². The minimum atomic E-state index is -0.776. The molecule has 0 saturated heterocycles. The van der Waals surface area contributed by atoms with E-state index in [0.29, 0.717) is 28.9 Å². The summed E-state index contributed by atoms with van der Waals surface area (Å²) in [5.41, 5.74) is 4.42. The van der Waals surface area contributed by atoms with Gasteiger partial charge < -0.3 is 23.9 Å². The predicted octanol–water partition coefficient (Wildman–Crippen LogP) is 6.34. The molecule has 2 aliphatic heterocycles. The number of hydrogen-bond acceptors (Lipinski definition) is 6. The van der Waals surface area contributed by atoms with Crippen molar-refractivity contribution in [3.05, 3.63) is 99.4 Å². The highest BCUT2D eigenvalue weighted by molar-refractivity contribution is 6.01. The van der Waals surface area contributed by atoms with Gasteiger partial charge in [0.05, 0.1) is 5.56 Å². The monoisotopic (exact) mass is 551 g/mol. The number of amides is 1. The smallest absolute Gasteiger partial charge is 0.343 e. The molecular weight excluding hydrogens is 514 g/mol. The topological polar surface area (TPSA) is 66.2 Å². The van der Waals surface area contributed by atoms with Crippen LogP contribution in [0.25, 0.3) is 11.0 Å². The zero-order chi connectivity index (χ0) is 28.9. The molecule has 0 N–H and O–H groups in total. The van der Waals surface area contributed by atoms with Gasteiger partial charge in [0.25, 0.3) is 5.91 Å². The number of anilines is 2. The van der Waals surface area contributed by atoms with Gasteiger partial charge in [-0.3, -0.25) is 4.79 Å². The van der Waals surface area contributed by atoms with Gasteiger partial charge in [0.2, 0.25) is 0 Å². The average molecular weight is 552 g/mol. The summed E-state index contributed by atoms with van der Waals surface area (Å²) in [6.45, 7) is 11.9. The van der Waals surface area contributed by atoms with E-state index in [0.717, 1.165) is 54.1 Å². The Kier molecular flexibility index (Phi) is 6.76. The molecule has 0 saturated carbocycles. The first-order valence-electron chi connectivity index (χ1n) is 14.6. The fourth-order valence-corrected chi connectivity index (χ4v) is 6.75. The third kappa shape index (κ3) is 4.09. The molecule has 7 nitrogen and oxygen atoms in total. The molecule has 1 amide bonds. The molecule has 41 heavy (non-hydrogen) atoms. The standard InChI is InChI=1S/C34H37N3O4/c1-6-36(7-2)23-15-14-22-18-26(33(39)41-29(22)19-23)31-21-34(27-13-11-10-12-25(27)32(38)35(34)5)28-17-16-24(20-30(28)40-31)37(8-3)9-4/h10-20,31H,6-9,21H2,1-5H3. The number of ether oxygens (including phenoxy) is 1. The van der Waals surface area contributed by atoms with E-state index < -0.39 is 17.3 Å². The van der Waals surface area contributed by atoms with E-state index in [-0.39, 0.29) is 5.91 Å². The Labute approximate surface area is 240 Å². The summed E-state index contributed by atoms with van der Waals surface area (Å²) < 4.78 is 12.6. The molecule has 0 aliphatic carbocycles. The lowest BCUT2D eigenvalue weighted by atomic mass is 9.75. The van der Waals surface area contributed by atoms with Crippen molar-refractivity contribution in [3.63, 3.8) is 0 Å². The van der Waals surface area contributed by atoms with Crippen molar-refractivity contribution in [1.29, 1.82) is 0 Å². The summed E-state index contributed by atoms with van der Waals surface area (Å²) in [5.74, 6) is 0.646. The minimum Gasteiger partial charge on any atom is -0.485 e. The predicted molar refractivity (Wildman–Crippen MR) is 163 cm³/mol. The fraction of sp³-hybridized carbons (Fsp3) is 0.353. The van der Waals surface area contributed by atoms with Gasteiger partial charge in [-0.05, 0) is 63.6 Å². The summed E-state index contributed by atoms with van der Waals surface area (Å²) >= 11 is 0. The molecule has 0 radical (unpaired) electrons. The van der Waals surface area contributed by atoms with Gasteiger partial charge in [0, 0.05) is 79.7 Å². The van der Waals surface area contributed by atoms with Crippen LogP contribution in [0.4, 0.5) is 11.4 Å². The molecule has 3 heterocycles. The van der Waals surface area contributed by atoms with E-state index in [1.807, 2.05) is 54.4 Å². The van der Waals surface area contributed by atoms with Crippen LogP contribution in [0.5, 0.6) is 5.75 Å². The van der Waals surface area contributed by atoms with Gasteiger partial charge >= 0.3 is 5.63 Å². The van der Waals surface area contributed by atoms with Crippen molar-refractivity contribution in [3.8, 4) is 5.75 Å². The maximum absolute atomic E-state index is 13.6. The number of carbonyl (C=O) groups is 1. The molecule has 3 aromatic carbocycles. The first kappa shape index (κ1) is 26.9. The second-order valence-electron chi connectivity index (χ2n) is 10.8. The first-order chi connectivity index (χ1) is 19.9. The highest BCUT2D eigenvalue weighted by Crippen LogP contribution is 2.55. The molecule has 2 atom stereocenters. The van der Waals surface area contributed by atoms with Crippen LogP contribution in [-0.2, 0) is 5.54 Å². The second kappa shape index (κ2) is 10.3. The summed E-state index contributed by atoms with van der Waals surface area (Å²) in [6, 6.07) is 21.9. The van der Waals surface area contributed by atoms with Crippen LogP contribution in [-0.4, -0.2) is 44.0 Å². The molecule has 0 fully saturated rings. The van der Waals surface area contributed by atoms with E-state index in [4.69, 9.17) is 9.15 Å². The van der Waals surface area contributed by atoms with Gasteiger partial charge in [-0.1, -0.05) is 24.3 Å². The Morgan fingerprint density at radius 3 is 2.20 bits per heavy atom. The number of fused-ring (bicyclic) bond motifs is 5. The Hall–Kier alpha value is -4.26. The van der Waals surface area contributed by atoms with Crippen LogP contribution >= 0.6 is 0 Å². The van der Waals surface area contributed by atoms with Crippen molar-refractivity contribution >= 4 is 28.3 Å². The molecule has 6 rings (SSSR count). The van der Waals surface area contributed by atoms with Gasteiger partial charge in [-0.25, -0.2) is 4.79 Å². The second-order valence-corrected chi connectivity index (χ2v) is 10.8. The summed E-state index contributed by atoms with van der Waals surface area (Å²) in [5, 5.41) is 0.840. The van der Waals surface area contributed by atoms with Crippen LogP contribution in [0.15, 0.2) is 75.9 Å². The lowest BCUT2D eigenvalue weighted by Crippen LogP contribution is -2.46. The average Bonchev–Trinajstić information content (AvgIpc) is 3.20. The number of benzene rings is 3. The van der Waals surface area contributed by atoms with Crippen LogP contribution in [0, 0.1) is 0 Å². The van der Waals surface area contributed by atoms with Gasteiger partial charge in [0.1, 0.15) is 23.0 Å². The zero-order valence-corrected chi connectivity index (χ0v) is 24.4. The van der Waals surface area contributed by atoms with E-state index in [2.05, 4.69) is 61.8 Å². The molecule has 1 spiro atoms. The third-order valence-corrected chi connectivity index (χ3v) is 8.99. The maximum Gasteiger partial charge on any atom is 0.343 e. The molecule has 2 aliphatic rings. The fourth-order valence-electron chi connectivity index (χ4n) is 6.75. The Bertz CT molecular complexity index is 1690. The number of rotatable bonds is 7. The largest absolute Gasteiger partial charge is 0.485 e. The Morgan fingerprint density at radius 1 is 0.829 bits per heavy atom.